The van der Waals surface area contributed by atoms with Gasteiger partial charge in [-0.1, -0.05) is 11.2 Å². The molecule has 2 aromatic carbocycles. The lowest BCUT2D eigenvalue weighted by atomic mass is 10.1. The number of nitrogens with one attached hydrogen (secondary N) is 1. The van der Waals surface area contributed by atoms with Gasteiger partial charge < -0.3 is 33.5 Å². The van der Waals surface area contributed by atoms with Crippen LogP contribution in [-0.2, 0) is 22.7 Å². The summed E-state index contributed by atoms with van der Waals surface area (Å²) in [6.45, 7) is 0.877. The number of benzene rings is 2. The number of nitrogens with zero attached hydrogens (tertiary/aromatic N) is 1. The summed E-state index contributed by atoms with van der Waals surface area (Å²) in [6, 6.07) is 12.8. The van der Waals surface area contributed by atoms with E-state index in [9.17, 15) is 4.79 Å². The molecule has 0 spiro atoms. The summed E-state index contributed by atoms with van der Waals surface area (Å²) in [5.41, 5.74) is 2.32. The van der Waals surface area contributed by atoms with Crippen molar-refractivity contribution < 1.29 is 33.0 Å². The van der Waals surface area contributed by atoms with Gasteiger partial charge in [0.1, 0.15) is 12.3 Å². The fourth-order valence-electron chi connectivity index (χ4n) is 3.12. The van der Waals surface area contributed by atoms with Gasteiger partial charge in [-0.05, 0) is 35.9 Å². The van der Waals surface area contributed by atoms with Crippen LogP contribution >= 0.6 is 0 Å². The molecule has 0 bridgehead atoms. The minimum Gasteiger partial charge on any atom is -0.454 e. The summed E-state index contributed by atoms with van der Waals surface area (Å²) in [7, 11) is 0. The highest BCUT2D eigenvalue weighted by Gasteiger charge is 2.16. The lowest BCUT2D eigenvalue weighted by Crippen LogP contribution is -2.27. The third kappa shape index (κ3) is 3.87. The van der Waals surface area contributed by atoms with E-state index in [1.54, 1.807) is 6.07 Å². The molecule has 9 heteroatoms. The molecule has 1 N–H and O–H groups in total. The monoisotopic (exact) mass is 410 g/mol. The predicted molar refractivity (Wildman–Crippen MR) is 102 cm³/mol. The second-order valence-electron chi connectivity index (χ2n) is 6.71. The third-order valence-corrected chi connectivity index (χ3v) is 4.63. The Kier molecular flexibility index (Phi) is 4.86. The first-order valence-corrected chi connectivity index (χ1v) is 9.33. The van der Waals surface area contributed by atoms with Crippen molar-refractivity contribution in [3.05, 3.63) is 53.7 Å². The van der Waals surface area contributed by atoms with E-state index >= 15 is 0 Å². The highest BCUT2D eigenvalue weighted by atomic mass is 16.7. The van der Waals surface area contributed by atoms with Crippen LogP contribution in [0.4, 0.5) is 0 Å². The van der Waals surface area contributed by atoms with E-state index in [0.29, 0.717) is 41.0 Å². The fourth-order valence-corrected chi connectivity index (χ4v) is 3.12. The van der Waals surface area contributed by atoms with Crippen LogP contribution in [0.5, 0.6) is 23.0 Å². The molecule has 1 aromatic heterocycles. The van der Waals surface area contributed by atoms with Crippen LogP contribution in [0.15, 0.2) is 47.0 Å². The van der Waals surface area contributed by atoms with Gasteiger partial charge >= 0.3 is 0 Å². The number of carbonyl (C=O) groups is 1. The Balaban J connectivity index is 1.09. The number of hydrogen-bond donors (Lipinski definition) is 1. The molecule has 3 aromatic rings. The van der Waals surface area contributed by atoms with Crippen molar-refractivity contribution in [3.63, 3.8) is 0 Å². The highest BCUT2D eigenvalue weighted by molar-refractivity contribution is 5.77. The Morgan fingerprint density at radius 2 is 1.67 bits per heavy atom. The maximum atomic E-state index is 12.0. The van der Waals surface area contributed by atoms with E-state index in [0.717, 1.165) is 11.1 Å². The fraction of sp³-hybridized carbons (Fsp3) is 0.238. The molecule has 3 heterocycles. The quantitative estimate of drug-likeness (QED) is 0.634. The van der Waals surface area contributed by atoms with Gasteiger partial charge in [0.25, 0.3) is 0 Å². The molecule has 2 aliphatic rings. The van der Waals surface area contributed by atoms with Gasteiger partial charge in [-0.3, -0.25) is 4.79 Å². The summed E-state index contributed by atoms with van der Waals surface area (Å²) in [5.74, 6) is 3.11. The van der Waals surface area contributed by atoms with E-state index in [1.165, 1.54) is 0 Å². The number of hydrogen-bond acceptors (Lipinski definition) is 8. The van der Waals surface area contributed by atoms with E-state index in [-0.39, 0.29) is 32.7 Å². The zero-order chi connectivity index (χ0) is 20.3. The Bertz CT molecular complexity index is 1080. The Morgan fingerprint density at radius 3 is 2.50 bits per heavy atom. The summed E-state index contributed by atoms with van der Waals surface area (Å²) in [5, 5.41) is 6.78. The Hall–Kier alpha value is -3.72. The standard InChI is InChI=1S/C21H18N2O7/c24-21(22-8-13-1-3-16-19(5-13)28-11-26-16)10-25-9-15-7-18(30-23-15)14-2-4-17-20(6-14)29-12-27-17/h1-7H,8-12H2,(H,22,24). The van der Waals surface area contributed by atoms with Crippen molar-refractivity contribution in [1.29, 1.82) is 0 Å². The topological polar surface area (TPSA) is 101 Å². The van der Waals surface area contributed by atoms with Crippen molar-refractivity contribution in [2.45, 2.75) is 13.2 Å². The minimum atomic E-state index is -0.229. The van der Waals surface area contributed by atoms with Crippen LogP contribution in [0.3, 0.4) is 0 Å². The molecule has 154 valence electrons. The Morgan fingerprint density at radius 1 is 0.933 bits per heavy atom. The zero-order valence-corrected chi connectivity index (χ0v) is 15.9. The van der Waals surface area contributed by atoms with Gasteiger partial charge in [-0.25, -0.2) is 0 Å². The van der Waals surface area contributed by atoms with Gasteiger partial charge in [-0.2, -0.15) is 0 Å². The number of aromatic nitrogens is 1. The average Bonchev–Trinajstić information content (AvgIpc) is 3.51. The predicted octanol–water partition coefficient (Wildman–Crippen LogP) is 2.63. The molecule has 0 unspecified atom stereocenters. The number of ether oxygens (including phenoxy) is 5. The largest absolute Gasteiger partial charge is 0.454 e. The molecule has 0 atom stereocenters. The molecular weight excluding hydrogens is 392 g/mol. The molecule has 30 heavy (non-hydrogen) atoms. The van der Waals surface area contributed by atoms with Crippen molar-refractivity contribution in [2.24, 2.45) is 0 Å². The van der Waals surface area contributed by atoms with Gasteiger partial charge in [0.2, 0.25) is 19.5 Å². The van der Waals surface area contributed by atoms with Crippen LogP contribution in [-0.4, -0.2) is 31.3 Å². The summed E-state index contributed by atoms with van der Waals surface area (Å²) in [6.07, 6.45) is 0. The van der Waals surface area contributed by atoms with E-state index in [4.69, 9.17) is 28.2 Å². The van der Waals surface area contributed by atoms with Crippen LogP contribution in [0.25, 0.3) is 11.3 Å². The zero-order valence-electron chi connectivity index (χ0n) is 15.9. The van der Waals surface area contributed by atoms with Gasteiger partial charge in [0.05, 0.1) is 6.61 Å². The molecule has 5 rings (SSSR count). The minimum absolute atomic E-state index is 0.0865. The average molecular weight is 410 g/mol. The van der Waals surface area contributed by atoms with E-state index in [2.05, 4.69) is 10.5 Å². The third-order valence-electron chi connectivity index (χ3n) is 4.63. The first kappa shape index (κ1) is 18.3. The Labute approximate surface area is 171 Å². The SMILES string of the molecule is O=C(COCc1cc(-c2ccc3c(c2)OCO3)on1)NCc1ccc2c(c1)OCO2. The van der Waals surface area contributed by atoms with Crippen LogP contribution in [0.1, 0.15) is 11.3 Å². The van der Waals surface area contributed by atoms with Crippen molar-refractivity contribution in [2.75, 3.05) is 20.2 Å². The lowest BCUT2D eigenvalue weighted by molar-refractivity contribution is -0.126. The molecular formula is C21H18N2O7. The molecule has 9 nitrogen and oxygen atoms in total. The summed E-state index contributed by atoms with van der Waals surface area (Å²) < 4.78 is 32.1. The molecule has 1 amide bonds. The second-order valence-corrected chi connectivity index (χ2v) is 6.71. The van der Waals surface area contributed by atoms with Crippen molar-refractivity contribution in [3.8, 4) is 34.3 Å². The number of carbonyl (C=O) groups excluding carboxylic acids is 1. The van der Waals surface area contributed by atoms with Crippen LogP contribution < -0.4 is 24.3 Å². The summed E-state index contributed by atoms with van der Waals surface area (Å²) in [4.78, 5) is 12.0. The first-order chi connectivity index (χ1) is 14.7. The first-order valence-electron chi connectivity index (χ1n) is 9.33. The number of amides is 1. The van der Waals surface area contributed by atoms with E-state index in [1.807, 2.05) is 36.4 Å². The summed E-state index contributed by atoms with van der Waals surface area (Å²) >= 11 is 0. The molecule has 0 saturated heterocycles. The number of fused-ring (bicyclic) bond motifs is 2. The van der Waals surface area contributed by atoms with Gasteiger partial charge in [-0.15, -0.1) is 0 Å². The van der Waals surface area contributed by atoms with Gasteiger partial charge in [0, 0.05) is 18.2 Å². The van der Waals surface area contributed by atoms with Gasteiger partial charge in [0.15, 0.2) is 28.8 Å². The maximum absolute atomic E-state index is 12.0. The smallest absolute Gasteiger partial charge is 0.246 e. The van der Waals surface area contributed by atoms with Crippen molar-refractivity contribution >= 4 is 5.91 Å². The molecule has 0 radical (unpaired) electrons. The number of rotatable bonds is 7. The molecule has 0 aliphatic carbocycles. The molecule has 0 saturated carbocycles. The molecule has 2 aliphatic heterocycles. The normalized spacial score (nSPS) is 13.5. The van der Waals surface area contributed by atoms with Crippen LogP contribution in [0, 0.1) is 0 Å². The highest BCUT2D eigenvalue weighted by Crippen LogP contribution is 2.36. The maximum Gasteiger partial charge on any atom is 0.246 e. The molecule has 0 fully saturated rings. The van der Waals surface area contributed by atoms with Crippen LogP contribution in [0.2, 0.25) is 0 Å². The lowest BCUT2D eigenvalue weighted by Gasteiger charge is -2.06. The van der Waals surface area contributed by atoms with E-state index < -0.39 is 0 Å². The second kappa shape index (κ2) is 7.96. The van der Waals surface area contributed by atoms with Crippen molar-refractivity contribution in [1.82, 2.24) is 10.5 Å².